The molecule has 0 saturated heterocycles. The molecule has 0 spiro atoms. The molecule has 0 aliphatic carbocycles. The summed E-state index contributed by atoms with van der Waals surface area (Å²) >= 11 is 15.0. The zero-order chi connectivity index (χ0) is 13.4. The number of thiazole rings is 1. The first-order valence-electron chi connectivity index (χ1n) is 5.40. The minimum atomic E-state index is 0.666. The van der Waals surface area contributed by atoms with Crippen molar-refractivity contribution in [2.75, 3.05) is 5.73 Å². The van der Waals surface area contributed by atoms with E-state index >= 15 is 0 Å². The first-order valence-corrected chi connectivity index (χ1v) is 7.85. The maximum absolute atomic E-state index is 6.14. The standard InChI is InChI=1S/C13H8Cl2N2S2/c14-11-5-9(12(15)19-11)10-6-18-13(17-10)7-1-3-8(16)4-2-7/h1-6H,16H2. The smallest absolute Gasteiger partial charge is 0.124 e. The SMILES string of the molecule is Nc1ccc(-c2nc(-c3cc(Cl)sc3Cl)cs2)cc1. The topological polar surface area (TPSA) is 38.9 Å². The maximum atomic E-state index is 6.14. The van der Waals surface area contributed by atoms with Gasteiger partial charge >= 0.3 is 0 Å². The van der Waals surface area contributed by atoms with Gasteiger partial charge in [0.1, 0.15) is 9.34 Å². The van der Waals surface area contributed by atoms with Crippen LogP contribution in [0.1, 0.15) is 0 Å². The van der Waals surface area contributed by atoms with Crippen LogP contribution in [0.25, 0.3) is 21.8 Å². The van der Waals surface area contributed by atoms with Gasteiger partial charge in [0.2, 0.25) is 0 Å². The van der Waals surface area contributed by atoms with Crippen LogP contribution in [0, 0.1) is 0 Å². The molecule has 96 valence electrons. The predicted molar refractivity (Wildman–Crippen MR) is 85.3 cm³/mol. The zero-order valence-electron chi connectivity index (χ0n) is 9.56. The molecule has 0 aliphatic heterocycles. The van der Waals surface area contributed by atoms with Crippen LogP contribution in [-0.4, -0.2) is 4.98 Å². The Kier molecular flexibility index (Phi) is 3.50. The fourth-order valence-corrected chi connectivity index (χ4v) is 3.98. The third-order valence-electron chi connectivity index (χ3n) is 2.59. The molecule has 0 saturated carbocycles. The number of rotatable bonds is 2. The second-order valence-electron chi connectivity index (χ2n) is 3.90. The van der Waals surface area contributed by atoms with Crippen molar-refractivity contribution < 1.29 is 0 Å². The molecule has 2 N–H and O–H groups in total. The maximum Gasteiger partial charge on any atom is 0.124 e. The lowest BCUT2D eigenvalue weighted by Crippen LogP contribution is -1.83. The van der Waals surface area contributed by atoms with Gasteiger partial charge in [0.05, 0.1) is 10.0 Å². The van der Waals surface area contributed by atoms with E-state index in [1.165, 1.54) is 11.3 Å². The molecule has 0 aliphatic rings. The third-order valence-corrected chi connectivity index (χ3v) is 4.97. The number of hydrogen-bond donors (Lipinski definition) is 1. The lowest BCUT2D eigenvalue weighted by molar-refractivity contribution is 1.41. The van der Waals surface area contributed by atoms with Crippen molar-refractivity contribution in [3.63, 3.8) is 0 Å². The molecule has 0 radical (unpaired) electrons. The largest absolute Gasteiger partial charge is 0.399 e. The third kappa shape index (κ3) is 2.62. The van der Waals surface area contributed by atoms with Gasteiger partial charge in [0.15, 0.2) is 0 Å². The highest BCUT2D eigenvalue weighted by molar-refractivity contribution is 7.20. The molecule has 6 heteroatoms. The summed E-state index contributed by atoms with van der Waals surface area (Å²) < 4.78 is 1.33. The highest BCUT2D eigenvalue weighted by atomic mass is 35.5. The van der Waals surface area contributed by atoms with Gasteiger partial charge < -0.3 is 5.73 Å². The van der Waals surface area contributed by atoms with Crippen LogP contribution >= 0.6 is 45.9 Å². The highest BCUT2D eigenvalue weighted by Crippen LogP contribution is 2.39. The van der Waals surface area contributed by atoms with Gasteiger partial charge in [-0.25, -0.2) is 4.98 Å². The van der Waals surface area contributed by atoms with E-state index < -0.39 is 0 Å². The van der Waals surface area contributed by atoms with Gasteiger partial charge in [-0.2, -0.15) is 0 Å². The average molecular weight is 327 g/mol. The Labute approximate surface area is 128 Å². The molecule has 3 rings (SSSR count). The van der Waals surface area contributed by atoms with Gasteiger partial charge in [0.25, 0.3) is 0 Å². The van der Waals surface area contributed by atoms with E-state index in [-0.39, 0.29) is 0 Å². The van der Waals surface area contributed by atoms with E-state index in [0.29, 0.717) is 8.67 Å². The number of benzene rings is 1. The summed E-state index contributed by atoms with van der Waals surface area (Å²) in [5.74, 6) is 0. The van der Waals surface area contributed by atoms with E-state index in [4.69, 9.17) is 28.9 Å². The van der Waals surface area contributed by atoms with Crippen LogP contribution < -0.4 is 5.73 Å². The van der Waals surface area contributed by atoms with Crippen molar-refractivity contribution in [3.8, 4) is 21.8 Å². The van der Waals surface area contributed by atoms with E-state index in [2.05, 4.69) is 4.98 Å². The second kappa shape index (κ2) is 5.13. The fraction of sp³-hybridized carbons (Fsp3) is 0. The summed E-state index contributed by atoms with van der Waals surface area (Å²) in [5.41, 5.74) is 9.20. The number of nitrogens with two attached hydrogens (primary N) is 1. The van der Waals surface area contributed by atoms with Crippen LogP contribution in [0.3, 0.4) is 0 Å². The molecule has 3 aromatic rings. The Morgan fingerprint density at radius 2 is 1.84 bits per heavy atom. The first-order chi connectivity index (χ1) is 9.13. The molecule has 0 fully saturated rings. The summed E-state index contributed by atoms with van der Waals surface area (Å²) in [6, 6.07) is 9.49. The first kappa shape index (κ1) is 12.9. The monoisotopic (exact) mass is 326 g/mol. The van der Waals surface area contributed by atoms with E-state index in [9.17, 15) is 0 Å². The summed E-state index contributed by atoms with van der Waals surface area (Å²) in [4.78, 5) is 4.60. The van der Waals surface area contributed by atoms with Crippen LogP contribution in [0.5, 0.6) is 0 Å². The predicted octanol–water partition coefficient (Wildman–Crippen LogP) is 5.43. The molecular weight excluding hydrogens is 319 g/mol. The van der Waals surface area contributed by atoms with Crippen LogP contribution in [0.15, 0.2) is 35.7 Å². The second-order valence-corrected chi connectivity index (χ2v) is 7.04. The zero-order valence-corrected chi connectivity index (χ0v) is 12.7. The van der Waals surface area contributed by atoms with Crippen molar-refractivity contribution in [1.29, 1.82) is 0 Å². The van der Waals surface area contributed by atoms with Gasteiger partial charge in [0, 0.05) is 22.2 Å². The molecular formula is C13H8Cl2N2S2. The molecule has 0 bridgehead atoms. The average Bonchev–Trinajstić information content (AvgIpc) is 2.97. The van der Waals surface area contributed by atoms with Crippen LogP contribution in [0.2, 0.25) is 8.67 Å². The molecule has 0 atom stereocenters. The summed E-state index contributed by atoms with van der Waals surface area (Å²) in [5, 5.41) is 2.92. The Morgan fingerprint density at radius 3 is 2.47 bits per heavy atom. The lowest BCUT2D eigenvalue weighted by atomic mass is 10.2. The molecule has 1 aromatic carbocycles. The molecule has 2 nitrogen and oxygen atoms in total. The van der Waals surface area contributed by atoms with E-state index in [1.54, 1.807) is 11.3 Å². The van der Waals surface area contributed by atoms with Crippen molar-refractivity contribution in [1.82, 2.24) is 4.98 Å². The summed E-state index contributed by atoms with van der Waals surface area (Å²) in [6.45, 7) is 0. The van der Waals surface area contributed by atoms with Crippen molar-refractivity contribution in [2.24, 2.45) is 0 Å². The highest BCUT2D eigenvalue weighted by Gasteiger charge is 2.12. The fourth-order valence-electron chi connectivity index (χ4n) is 1.67. The van der Waals surface area contributed by atoms with Crippen molar-refractivity contribution in [3.05, 3.63) is 44.4 Å². The minimum Gasteiger partial charge on any atom is -0.399 e. The number of nitrogen functional groups attached to an aromatic ring is 1. The summed E-state index contributed by atoms with van der Waals surface area (Å²) in [6.07, 6.45) is 0. The molecule has 0 unspecified atom stereocenters. The Hall–Kier alpha value is -1.07. The lowest BCUT2D eigenvalue weighted by Gasteiger charge is -1.97. The Balaban J connectivity index is 1.99. The molecule has 19 heavy (non-hydrogen) atoms. The van der Waals surface area contributed by atoms with Crippen LogP contribution in [0.4, 0.5) is 5.69 Å². The Bertz CT molecular complexity index is 717. The normalized spacial score (nSPS) is 10.8. The Morgan fingerprint density at radius 1 is 1.11 bits per heavy atom. The van der Waals surface area contributed by atoms with Gasteiger partial charge in [-0.15, -0.1) is 22.7 Å². The number of anilines is 1. The van der Waals surface area contributed by atoms with Crippen LogP contribution in [-0.2, 0) is 0 Å². The minimum absolute atomic E-state index is 0.666. The quantitative estimate of drug-likeness (QED) is 0.638. The van der Waals surface area contributed by atoms with Gasteiger partial charge in [-0.1, -0.05) is 23.2 Å². The molecule has 0 amide bonds. The number of thiophene rings is 1. The molecule has 2 heterocycles. The van der Waals surface area contributed by atoms with Crippen molar-refractivity contribution in [2.45, 2.75) is 0 Å². The number of hydrogen-bond acceptors (Lipinski definition) is 4. The molecule has 2 aromatic heterocycles. The van der Waals surface area contributed by atoms with Gasteiger partial charge in [-0.05, 0) is 30.3 Å². The van der Waals surface area contributed by atoms with E-state index in [1.807, 2.05) is 35.7 Å². The van der Waals surface area contributed by atoms with Crippen molar-refractivity contribution >= 4 is 51.6 Å². The number of aromatic nitrogens is 1. The summed E-state index contributed by atoms with van der Waals surface area (Å²) in [7, 11) is 0. The van der Waals surface area contributed by atoms with E-state index in [0.717, 1.165) is 27.5 Å². The van der Waals surface area contributed by atoms with Gasteiger partial charge in [-0.3, -0.25) is 0 Å². The number of halogens is 2. The number of nitrogens with zero attached hydrogens (tertiary/aromatic N) is 1.